The van der Waals surface area contributed by atoms with Crippen LogP contribution in [0.25, 0.3) is 0 Å². The fourth-order valence-electron chi connectivity index (χ4n) is 0. The van der Waals surface area contributed by atoms with Gasteiger partial charge in [-0.05, 0) is 0 Å². The standard InChI is InChI=1S/CH2BIS.H2S/c1-2-4-3;/h1H2;1H2. The summed E-state index contributed by atoms with van der Waals surface area (Å²) in [7, 11) is 1.59. The zero-order chi connectivity index (χ0) is 3.41. The molecule has 0 spiro atoms. The molecule has 0 aromatic carbocycles. The second-order valence-electron chi connectivity index (χ2n) is 0.256. The quantitative estimate of drug-likeness (QED) is 0.471. The van der Waals surface area contributed by atoms with Crippen LogP contribution < -0.4 is 0 Å². The second kappa shape index (κ2) is 9.03. The minimum absolute atomic E-state index is 0. The van der Waals surface area contributed by atoms with Crippen molar-refractivity contribution in [3.8, 4) is 0 Å². The Labute approximate surface area is 55.9 Å². The van der Waals surface area contributed by atoms with Gasteiger partial charge in [-0.15, -0.1) is 0 Å². The summed E-state index contributed by atoms with van der Waals surface area (Å²) in [6.45, 7) is 3.43. The Kier molecular flexibility index (Phi) is 17.4. The van der Waals surface area contributed by atoms with Crippen LogP contribution in [0, 0.1) is 0 Å². The SMILES string of the molecule is C=BSI.S. The molecule has 0 fully saturated rings. The van der Waals surface area contributed by atoms with Crippen LogP contribution in [0.2, 0.25) is 0 Å². The maximum absolute atomic E-state index is 3.43. The molecule has 0 nitrogen and oxygen atoms in total. The molecule has 5 heavy (non-hydrogen) atoms. The molecule has 0 bridgehead atoms. The van der Waals surface area contributed by atoms with Gasteiger partial charge in [0.25, 0.3) is 0 Å². The first-order valence-electron chi connectivity index (χ1n) is 0.798. The van der Waals surface area contributed by atoms with Gasteiger partial charge >= 0.3 is 42.7 Å². The third-order valence-electron chi connectivity index (χ3n) is 0.0630. The first-order chi connectivity index (χ1) is 1.91. The molecule has 4 heteroatoms. The van der Waals surface area contributed by atoms with E-state index < -0.39 is 0 Å². The van der Waals surface area contributed by atoms with Gasteiger partial charge in [0.1, 0.15) is 0 Å². The second-order valence-corrected chi connectivity index (χ2v) is 2.29. The molecule has 0 unspecified atom stereocenters. The molecular weight excluding hydrogens is 214 g/mol. The Balaban J connectivity index is 0. The summed E-state index contributed by atoms with van der Waals surface area (Å²) in [6, 6.07) is 0. The van der Waals surface area contributed by atoms with Crippen molar-refractivity contribution in [3.63, 3.8) is 0 Å². The van der Waals surface area contributed by atoms with E-state index in [0.29, 0.717) is 0 Å². The third-order valence-corrected chi connectivity index (χ3v) is 1.27. The van der Waals surface area contributed by atoms with Crippen molar-refractivity contribution in [2.24, 2.45) is 0 Å². The van der Waals surface area contributed by atoms with Gasteiger partial charge in [0.05, 0.1) is 0 Å². The molecule has 0 aliphatic heterocycles. The van der Waals surface area contributed by atoms with Crippen molar-refractivity contribution in [3.05, 3.63) is 0 Å². The summed E-state index contributed by atoms with van der Waals surface area (Å²) >= 11 is 2.15. The molecule has 0 saturated carbocycles. The van der Waals surface area contributed by atoms with E-state index in [-0.39, 0.29) is 13.5 Å². The van der Waals surface area contributed by atoms with Crippen LogP contribution in [0.1, 0.15) is 0 Å². The predicted octanol–water partition coefficient (Wildman–Crippen LogP) is 1.23. The monoisotopic (exact) mass is 218 g/mol. The largest absolute Gasteiger partial charge is 0.197 e. The van der Waals surface area contributed by atoms with Crippen molar-refractivity contribution < 1.29 is 0 Å². The Morgan fingerprint density at radius 3 is 2.00 bits per heavy atom. The van der Waals surface area contributed by atoms with Crippen molar-refractivity contribution in [1.82, 2.24) is 0 Å². The summed E-state index contributed by atoms with van der Waals surface area (Å²) in [4.78, 5) is 0. The van der Waals surface area contributed by atoms with Crippen LogP contribution in [0.5, 0.6) is 0 Å². The molecular formula is CH4BIS2. The minimum atomic E-state index is 0. The van der Waals surface area contributed by atoms with E-state index in [0.717, 1.165) is 0 Å². The van der Waals surface area contributed by atoms with Crippen LogP contribution in [0.4, 0.5) is 0 Å². The fraction of sp³-hybridized carbons (Fsp3) is 0. The van der Waals surface area contributed by atoms with E-state index in [9.17, 15) is 0 Å². The Morgan fingerprint density at radius 2 is 2.00 bits per heavy atom. The molecule has 0 aromatic heterocycles. The molecule has 0 N–H and O–H groups in total. The number of hydrogen-bond acceptors (Lipinski definition) is 1. The first-order valence-corrected chi connectivity index (χ1v) is 4.22. The number of halogens is 1. The molecule has 0 atom stereocenters. The van der Waals surface area contributed by atoms with Gasteiger partial charge in [0, 0.05) is 0 Å². The van der Waals surface area contributed by atoms with Gasteiger partial charge in [-0.2, -0.15) is 13.5 Å². The normalized spacial score (nSPS) is 4.20. The molecule has 0 aliphatic rings. The van der Waals surface area contributed by atoms with Crippen molar-refractivity contribution >= 4 is 56.2 Å². The first kappa shape index (κ1) is 9.62. The van der Waals surface area contributed by atoms with Crippen LogP contribution in [-0.2, 0) is 0 Å². The molecule has 0 aromatic rings. The van der Waals surface area contributed by atoms with Crippen LogP contribution in [0.3, 0.4) is 0 Å². The Morgan fingerprint density at radius 1 is 1.80 bits per heavy atom. The Hall–Kier alpha value is 1.36. The Bertz CT molecular complexity index is 23.6. The number of hydrogen-bond donors (Lipinski definition) is 0. The van der Waals surface area contributed by atoms with Crippen LogP contribution in [0.15, 0.2) is 0 Å². The van der Waals surface area contributed by atoms with Crippen LogP contribution >= 0.6 is 43.5 Å². The van der Waals surface area contributed by atoms with E-state index in [1.165, 1.54) is 0 Å². The van der Waals surface area contributed by atoms with Crippen molar-refractivity contribution in [2.75, 3.05) is 0 Å². The molecule has 0 saturated heterocycles. The topological polar surface area (TPSA) is 0 Å². The van der Waals surface area contributed by atoms with Gasteiger partial charge in [0.2, 0.25) is 0 Å². The van der Waals surface area contributed by atoms with E-state index >= 15 is 0 Å². The minimum Gasteiger partial charge on any atom is -0.197 e. The summed E-state index contributed by atoms with van der Waals surface area (Å²) in [5.41, 5.74) is 0. The van der Waals surface area contributed by atoms with Gasteiger partial charge < -0.3 is 0 Å². The molecule has 0 radical (unpaired) electrons. The van der Waals surface area contributed by atoms with Gasteiger partial charge in [0.15, 0.2) is 0 Å². The number of rotatable bonds is 1. The summed E-state index contributed by atoms with van der Waals surface area (Å²) < 4.78 is 0. The maximum Gasteiger partial charge on any atom is -0.197 e. The zero-order valence-corrected chi connectivity index (χ0v) is 6.54. The molecule has 0 rings (SSSR count). The average molecular weight is 218 g/mol. The van der Waals surface area contributed by atoms with Crippen LogP contribution in [-0.4, -0.2) is 12.7 Å². The van der Waals surface area contributed by atoms with E-state index in [4.69, 9.17) is 0 Å². The van der Waals surface area contributed by atoms with E-state index in [1.54, 1.807) is 15.0 Å². The summed E-state index contributed by atoms with van der Waals surface area (Å²) in [5.74, 6) is 0. The average Bonchev–Trinajstić information content (AvgIpc) is 1.37. The zero-order valence-electron chi connectivity index (χ0n) is 2.57. The fourth-order valence-corrected chi connectivity index (χ4v) is 0. The maximum atomic E-state index is 3.43. The summed E-state index contributed by atoms with van der Waals surface area (Å²) in [6.07, 6.45) is 1.78. The molecule has 0 heterocycles. The van der Waals surface area contributed by atoms with Gasteiger partial charge in [-0.3, -0.25) is 0 Å². The van der Waals surface area contributed by atoms with Crippen molar-refractivity contribution in [1.29, 1.82) is 0 Å². The predicted molar refractivity (Wildman–Crippen MR) is 44.9 cm³/mol. The third kappa shape index (κ3) is 10.9. The molecule has 30 valence electrons. The van der Waals surface area contributed by atoms with E-state index in [2.05, 4.69) is 27.7 Å². The summed E-state index contributed by atoms with van der Waals surface area (Å²) in [5, 5.41) is 0. The van der Waals surface area contributed by atoms with Gasteiger partial charge in [-0.1, -0.05) is 0 Å². The van der Waals surface area contributed by atoms with Gasteiger partial charge in [-0.25, -0.2) is 0 Å². The molecule has 0 aliphatic carbocycles. The van der Waals surface area contributed by atoms with E-state index in [1.807, 2.05) is 0 Å². The smallest absolute Gasteiger partial charge is 0.197 e. The van der Waals surface area contributed by atoms with Crippen molar-refractivity contribution in [2.45, 2.75) is 0 Å². The molecule has 0 amide bonds.